The molecule has 10 nitrogen and oxygen atoms in total. The molecule has 2 amide bonds. The molecular weight excluding hydrogens is 591 g/mol. The number of ether oxygens (including phenoxy) is 1. The molecule has 1 unspecified atom stereocenters. The van der Waals surface area contributed by atoms with Crippen LogP contribution in [0.3, 0.4) is 0 Å². The van der Waals surface area contributed by atoms with Crippen molar-refractivity contribution in [1.29, 1.82) is 0 Å². The summed E-state index contributed by atoms with van der Waals surface area (Å²) in [5.74, 6) is -3.57. The Hall–Kier alpha value is -3.62. The van der Waals surface area contributed by atoms with Gasteiger partial charge in [0.1, 0.15) is 24.2 Å². The second kappa shape index (κ2) is 11.7. The third-order valence-electron chi connectivity index (χ3n) is 8.58. The number of carbonyl (C=O) groups is 2. The van der Waals surface area contributed by atoms with E-state index in [1.165, 1.54) is 0 Å². The molecule has 3 aliphatic rings. The van der Waals surface area contributed by atoms with E-state index in [9.17, 15) is 31.5 Å². The number of nitrogens with zero attached hydrogens (tertiary/aromatic N) is 3. The highest BCUT2D eigenvalue weighted by molar-refractivity contribution is 5.93. The number of carbonyl (C=O) groups excluding carboxylic acids is 2. The highest BCUT2D eigenvalue weighted by Crippen LogP contribution is 2.45. The SMILES string of the molecule is CC(CF)(OC[C@@H](NC(=O)c1nonc1C1CC1)c1nc2ccc([C@H](NC(=O)CC3CC(F)(F)C3)C3CC3)cc2[nH]1)C(F)F. The summed E-state index contributed by atoms with van der Waals surface area (Å²) >= 11 is 0. The predicted molar refractivity (Wildman–Crippen MR) is 145 cm³/mol. The maximum absolute atomic E-state index is 13.6. The molecular formula is C29H33F5N6O4. The van der Waals surface area contributed by atoms with Crippen LogP contribution in [0.25, 0.3) is 11.0 Å². The lowest BCUT2D eigenvalue weighted by Crippen LogP contribution is -2.43. The van der Waals surface area contributed by atoms with Gasteiger partial charge in [0.2, 0.25) is 11.8 Å². The van der Waals surface area contributed by atoms with Gasteiger partial charge in [-0.2, -0.15) is 0 Å². The first-order valence-corrected chi connectivity index (χ1v) is 14.7. The van der Waals surface area contributed by atoms with Gasteiger partial charge >= 0.3 is 0 Å². The zero-order valence-corrected chi connectivity index (χ0v) is 23.9. The van der Waals surface area contributed by atoms with Gasteiger partial charge in [-0.05, 0) is 67.3 Å². The summed E-state index contributed by atoms with van der Waals surface area (Å²) in [5.41, 5.74) is -0.223. The molecule has 3 atom stereocenters. The lowest BCUT2D eigenvalue weighted by Gasteiger charge is -2.34. The first-order valence-electron chi connectivity index (χ1n) is 14.7. The Morgan fingerprint density at radius 1 is 1.16 bits per heavy atom. The fourth-order valence-electron chi connectivity index (χ4n) is 5.56. The van der Waals surface area contributed by atoms with E-state index in [1.807, 2.05) is 0 Å². The summed E-state index contributed by atoms with van der Waals surface area (Å²) in [6.45, 7) is -1.05. The van der Waals surface area contributed by atoms with E-state index in [2.05, 4.69) is 30.9 Å². The fraction of sp³-hybridized carbons (Fsp3) is 0.621. The number of rotatable bonds is 14. The Labute approximate surface area is 248 Å². The van der Waals surface area contributed by atoms with Gasteiger partial charge in [0, 0.05) is 25.2 Å². The highest BCUT2D eigenvalue weighted by Gasteiger charge is 2.46. The number of alkyl halides is 5. The molecule has 3 saturated carbocycles. The van der Waals surface area contributed by atoms with Gasteiger partial charge in [-0.25, -0.2) is 31.6 Å². The number of hydrogen-bond acceptors (Lipinski definition) is 7. The van der Waals surface area contributed by atoms with Crippen LogP contribution in [-0.4, -0.2) is 63.3 Å². The van der Waals surface area contributed by atoms with Crippen LogP contribution < -0.4 is 10.6 Å². The topological polar surface area (TPSA) is 135 Å². The van der Waals surface area contributed by atoms with Crippen molar-refractivity contribution in [3.05, 3.63) is 41.0 Å². The van der Waals surface area contributed by atoms with E-state index in [-0.39, 0.29) is 60.5 Å². The van der Waals surface area contributed by atoms with Crippen molar-refractivity contribution in [2.45, 2.75) is 87.8 Å². The molecule has 0 spiro atoms. The Balaban J connectivity index is 1.22. The van der Waals surface area contributed by atoms with Crippen LogP contribution in [-0.2, 0) is 9.53 Å². The van der Waals surface area contributed by atoms with Crippen molar-refractivity contribution in [3.8, 4) is 0 Å². The minimum atomic E-state index is -3.13. The lowest BCUT2D eigenvalue weighted by atomic mass is 9.79. The van der Waals surface area contributed by atoms with E-state index in [0.717, 1.165) is 38.2 Å². The third-order valence-corrected chi connectivity index (χ3v) is 8.58. The van der Waals surface area contributed by atoms with Crippen LogP contribution in [0.5, 0.6) is 0 Å². The second-order valence-electron chi connectivity index (χ2n) is 12.5. The quantitative estimate of drug-likeness (QED) is 0.207. The van der Waals surface area contributed by atoms with Crippen molar-refractivity contribution >= 4 is 22.8 Å². The smallest absolute Gasteiger partial charge is 0.276 e. The Kier molecular flexibility index (Phi) is 8.09. The highest BCUT2D eigenvalue weighted by atomic mass is 19.3. The first kappa shape index (κ1) is 30.4. The van der Waals surface area contributed by atoms with Crippen molar-refractivity contribution < 1.29 is 40.9 Å². The number of H-pyrrole nitrogens is 1. The molecule has 2 heterocycles. The van der Waals surface area contributed by atoms with Crippen LogP contribution in [0.1, 0.15) is 97.4 Å². The molecule has 3 aliphatic carbocycles. The summed E-state index contributed by atoms with van der Waals surface area (Å²) in [4.78, 5) is 33.5. The number of halogens is 5. The maximum Gasteiger partial charge on any atom is 0.276 e. The van der Waals surface area contributed by atoms with Crippen molar-refractivity contribution in [2.24, 2.45) is 11.8 Å². The lowest BCUT2D eigenvalue weighted by molar-refractivity contribution is -0.143. The van der Waals surface area contributed by atoms with Crippen molar-refractivity contribution in [3.63, 3.8) is 0 Å². The van der Waals surface area contributed by atoms with Gasteiger partial charge < -0.3 is 20.4 Å². The number of fused-ring (bicyclic) bond motifs is 1. The zero-order chi connectivity index (χ0) is 31.2. The molecule has 238 valence electrons. The molecule has 0 aliphatic heterocycles. The summed E-state index contributed by atoms with van der Waals surface area (Å²) < 4.78 is 77.2. The van der Waals surface area contributed by atoms with Gasteiger partial charge in [-0.3, -0.25) is 9.59 Å². The average Bonchev–Trinajstić information content (AvgIpc) is 3.90. The maximum atomic E-state index is 13.6. The molecule has 0 radical (unpaired) electrons. The molecule has 2 aromatic heterocycles. The van der Waals surface area contributed by atoms with Crippen LogP contribution in [0.4, 0.5) is 22.0 Å². The van der Waals surface area contributed by atoms with Gasteiger partial charge in [-0.1, -0.05) is 11.2 Å². The number of hydrogen-bond donors (Lipinski definition) is 3. The zero-order valence-electron chi connectivity index (χ0n) is 23.9. The summed E-state index contributed by atoms with van der Waals surface area (Å²) in [6.07, 6.45) is -0.187. The molecule has 3 fully saturated rings. The van der Waals surface area contributed by atoms with Crippen LogP contribution in [0.15, 0.2) is 22.8 Å². The molecule has 3 N–H and O–H groups in total. The number of imidazole rings is 1. The van der Waals surface area contributed by atoms with E-state index >= 15 is 0 Å². The molecule has 1 aromatic carbocycles. The summed E-state index contributed by atoms with van der Waals surface area (Å²) in [6, 6.07) is 3.89. The third kappa shape index (κ3) is 6.57. The normalized spacial score (nSPS) is 21.1. The van der Waals surface area contributed by atoms with Crippen LogP contribution in [0, 0.1) is 11.8 Å². The van der Waals surface area contributed by atoms with Gasteiger partial charge in [0.15, 0.2) is 11.3 Å². The Bertz CT molecular complexity index is 1510. The van der Waals surface area contributed by atoms with Crippen molar-refractivity contribution in [2.75, 3.05) is 13.3 Å². The van der Waals surface area contributed by atoms with Crippen LogP contribution >= 0.6 is 0 Å². The largest absolute Gasteiger partial charge is 0.364 e. The van der Waals surface area contributed by atoms with Crippen LogP contribution in [0.2, 0.25) is 0 Å². The van der Waals surface area contributed by atoms with E-state index in [0.29, 0.717) is 16.7 Å². The standard InChI is InChI=1S/C29H33F5N6O4/c1-28(13-30,27(31)32)43-12-20(37-26(42)24-23(16-4-5-16)39-44-40-24)25-35-18-7-6-17(9-19(18)36-25)22(15-2-3-15)38-21(41)8-14-10-29(33,34)11-14/h6-7,9,14-16,20,22,27H,2-5,8,10-13H2,1H3,(H,35,36)(H,37,42)(H,38,41)/t20-,22-,28?/m1/s1. The fourth-order valence-corrected chi connectivity index (χ4v) is 5.56. The number of benzene rings is 1. The number of aromatic nitrogens is 4. The minimum absolute atomic E-state index is 0.0355. The summed E-state index contributed by atoms with van der Waals surface area (Å²) in [7, 11) is 0. The molecule has 0 bridgehead atoms. The number of amides is 2. The molecule has 15 heteroatoms. The molecule has 6 rings (SSSR count). The summed E-state index contributed by atoms with van der Waals surface area (Å²) in [5, 5.41) is 13.2. The monoisotopic (exact) mass is 624 g/mol. The molecule has 3 aromatic rings. The van der Waals surface area contributed by atoms with Gasteiger partial charge in [-0.15, -0.1) is 0 Å². The average molecular weight is 625 g/mol. The molecule has 0 saturated heterocycles. The Morgan fingerprint density at radius 3 is 2.55 bits per heavy atom. The van der Waals surface area contributed by atoms with Gasteiger partial charge in [0.05, 0.1) is 23.7 Å². The van der Waals surface area contributed by atoms with E-state index in [1.54, 1.807) is 18.2 Å². The predicted octanol–water partition coefficient (Wildman–Crippen LogP) is 5.31. The minimum Gasteiger partial charge on any atom is -0.364 e. The number of nitrogens with one attached hydrogen (secondary N) is 3. The first-order chi connectivity index (χ1) is 20.9. The van der Waals surface area contributed by atoms with Crippen molar-refractivity contribution in [1.82, 2.24) is 30.9 Å². The van der Waals surface area contributed by atoms with E-state index < -0.39 is 43.2 Å². The molecule has 44 heavy (non-hydrogen) atoms. The number of aromatic amines is 1. The second-order valence-corrected chi connectivity index (χ2v) is 12.5. The van der Waals surface area contributed by atoms with Gasteiger partial charge in [0.25, 0.3) is 12.3 Å². The van der Waals surface area contributed by atoms with E-state index in [4.69, 9.17) is 9.37 Å². The Morgan fingerprint density at radius 2 is 1.91 bits per heavy atom.